The third-order valence-electron chi connectivity index (χ3n) is 2.27. The van der Waals surface area contributed by atoms with Crippen molar-refractivity contribution in [3.8, 4) is 0 Å². The molecule has 1 aliphatic heterocycles. The predicted molar refractivity (Wildman–Crippen MR) is 66.3 cm³/mol. The average Bonchev–Trinajstić information content (AvgIpc) is 2.23. The number of halogens is 2. The molecule has 1 heterocycles. The molecule has 0 radical (unpaired) electrons. The van der Waals surface area contributed by atoms with E-state index in [0.717, 1.165) is 0 Å². The second-order valence-corrected chi connectivity index (χ2v) is 7.29. The molecule has 0 aromatic carbocycles. The van der Waals surface area contributed by atoms with Gasteiger partial charge < -0.3 is 0 Å². The molecular weight excluding hydrogens is 272 g/mol. The Labute approximate surface area is 107 Å². The van der Waals surface area contributed by atoms with Gasteiger partial charge in [-0.3, -0.25) is 9.05 Å². The Kier molecular flexibility index (Phi) is 5.56. The van der Waals surface area contributed by atoms with E-state index in [1.54, 1.807) is 4.67 Å². The van der Waals surface area contributed by atoms with Crippen molar-refractivity contribution in [1.82, 2.24) is 4.67 Å². The maximum absolute atomic E-state index is 12.4. The maximum atomic E-state index is 12.4. The summed E-state index contributed by atoms with van der Waals surface area (Å²) in [6, 6.07) is 0. The minimum Gasteiger partial charge on any atom is -0.296 e. The van der Waals surface area contributed by atoms with Crippen LogP contribution in [0.1, 0.15) is 13.8 Å². The molecule has 0 aromatic heterocycles. The van der Waals surface area contributed by atoms with Crippen LogP contribution < -0.4 is 0 Å². The first-order valence-electron chi connectivity index (χ1n) is 5.20. The third-order valence-corrected chi connectivity index (χ3v) is 4.61. The van der Waals surface area contributed by atoms with Crippen molar-refractivity contribution in [3.63, 3.8) is 0 Å². The summed E-state index contributed by atoms with van der Waals surface area (Å²) in [6.45, 7) is 5.75. The molecule has 0 saturated carbocycles. The molecule has 96 valence electrons. The molecule has 1 fully saturated rings. The largest absolute Gasteiger partial charge is 0.408 e. The minimum absolute atomic E-state index is 0.0957. The van der Waals surface area contributed by atoms with Crippen LogP contribution in [-0.2, 0) is 13.6 Å². The lowest BCUT2D eigenvalue weighted by Crippen LogP contribution is -2.36. The smallest absolute Gasteiger partial charge is 0.296 e. The molecule has 4 nitrogen and oxygen atoms in total. The van der Waals surface area contributed by atoms with Gasteiger partial charge in [0.15, 0.2) is 0 Å². The fourth-order valence-electron chi connectivity index (χ4n) is 1.31. The first-order valence-corrected chi connectivity index (χ1v) is 7.76. The molecule has 0 bridgehead atoms. The number of alkyl halides is 2. The van der Waals surface area contributed by atoms with E-state index in [0.29, 0.717) is 38.1 Å². The second kappa shape index (κ2) is 6.03. The molecule has 0 atom stereocenters. The molecule has 0 aliphatic carbocycles. The van der Waals surface area contributed by atoms with Crippen molar-refractivity contribution in [3.05, 3.63) is 0 Å². The molecule has 1 saturated heterocycles. The summed E-state index contributed by atoms with van der Waals surface area (Å²) >= 11 is 11.3. The summed E-state index contributed by atoms with van der Waals surface area (Å²) < 4.78 is 24.7. The van der Waals surface area contributed by atoms with Gasteiger partial charge in [-0.2, -0.15) is 0 Å². The van der Waals surface area contributed by atoms with E-state index < -0.39 is 7.75 Å². The Bertz CT molecular complexity index is 255. The number of nitrogens with zero attached hydrogens (tertiary/aromatic N) is 1. The van der Waals surface area contributed by atoms with E-state index in [1.165, 1.54) is 0 Å². The molecule has 7 heteroatoms. The molecule has 1 rings (SSSR count). The van der Waals surface area contributed by atoms with Crippen LogP contribution in [0.25, 0.3) is 0 Å². The lowest BCUT2D eigenvalue weighted by molar-refractivity contribution is 0.0222. The monoisotopic (exact) mass is 289 g/mol. The van der Waals surface area contributed by atoms with Gasteiger partial charge in [0.05, 0.1) is 13.2 Å². The van der Waals surface area contributed by atoms with Crippen molar-refractivity contribution >= 4 is 30.9 Å². The summed E-state index contributed by atoms with van der Waals surface area (Å²) in [5.74, 6) is 0.744. The summed E-state index contributed by atoms with van der Waals surface area (Å²) in [5, 5.41) is 0. The lowest BCUT2D eigenvalue weighted by atomic mass is 9.97. The highest BCUT2D eigenvalue weighted by atomic mass is 35.5. The van der Waals surface area contributed by atoms with Crippen LogP contribution in [0.5, 0.6) is 0 Å². The van der Waals surface area contributed by atoms with Crippen molar-refractivity contribution in [2.24, 2.45) is 5.41 Å². The van der Waals surface area contributed by atoms with Gasteiger partial charge in [0.2, 0.25) is 0 Å². The summed E-state index contributed by atoms with van der Waals surface area (Å²) in [7, 11) is -3.17. The van der Waals surface area contributed by atoms with Crippen LogP contribution in [0.4, 0.5) is 0 Å². The van der Waals surface area contributed by atoms with Crippen LogP contribution in [-0.4, -0.2) is 42.7 Å². The van der Waals surface area contributed by atoms with E-state index in [9.17, 15) is 4.57 Å². The fourth-order valence-corrected chi connectivity index (χ4v) is 4.07. The van der Waals surface area contributed by atoms with Crippen molar-refractivity contribution in [1.29, 1.82) is 0 Å². The summed E-state index contributed by atoms with van der Waals surface area (Å²) in [5.41, 5.74) is -0.0957. The van der Waals surface area contributed by atoms with Gasteiger partial charge in [0.25, 0.3) is 0 Å². The molecule has 0 spiro atoms. The highest BCUT2D eigenvalue weighted by molar-refractivity contribution is 7.51. The first kappa shape index (κ1) is 14.7. The number of rotatable bonds is 5. The van der Waals surface area contributed by atoms with Gasteiger partial charge in [0.1, 0.15) is 0 Å². The van der Waals surface area contributed by atoms with Gasteiger partial charge in [-0.15, -0.1) is 23.2 Å². The van der Waals surface area contributed by atoms with E-state index in [4.69, 9.17) is 32.2 Å². The summed E-state index contributed by atoms with van der Waals surface area (Å²) in [6.07, 6.45) is 0. The molecule has 0 unspecified atom stereocenters. The van der Waals surface area contributed by atoms with Gasteiger partial charge in [0, 0.05) is 30.3 Å². The summed E-state index contributed by atoms with van der Waals surface area (Å²) in [4.78, 5) is 0. The van der Waals surface area contributed by atoms with Crippen LogP contribution in [0, 0.1) is 5.41 Å². The fraction of sp³-hybridized carbons (Fsp3) is 1.00. The zero-order valence-corrected chi connectivity index (χ0v) is 12.0. The SMILES string of the molecule is CC1(C)COP(=O)(N(CCCl)CCCl)OC1. The normalized spacial score (nSPS) is 23.6. The van der Waals surface area contributed by atoms with Crippen LogP contribution >= 0.6 is 30.9 Å². The lowest BCUT2D eigenvalue weighted by Gasteiger charge is -2.38. The molecule has 0 amide bonds. The van der Waals surface area contributed by atoms with Crippen molar-refractivity contribution in [2.45, 2.75) is 13.8 Å². The number of hydrogen-bond acceptors (Lipinski definition) is 3. The second-order valence-electron chi connectivity index (χ2n) is 4.51. The molecule has 16 heavy (non-hydrogen) atoms. The molecular formula is C9H18Cl2NO3P. The van der Waals surface area contributed by atoms with E-state index in [1.807, 2.05) is 13.8 Å². The van der Waals surface area contributed by atoms with E-state index in [-0.39, 0.29) is 5.41 Å². The Morgan fingerprint density at radius 3 is 2.00 bits per heavy atom. The Hall–Kier alpha value is 0.690. The van der Waals surface area contributed by atoms with Crippen LogP contribution in [0.15, 0.2) is 0 Å². The van der Waals surface area contributed by atoms with Gasteiger partial charge in [-0.25, -0.2) is 9.24 Å². The average molecular weight is 290 g/mol. The van der Waals surface area contributed by atoms with E-state index >= 15 is 0 Å². The molecule has 1 aliphatic rings. The van der Waals surface area contributed by atoms with Crippen molar-refractivity contribution < 1.29 is 13.6 Å². The van der Waals surface area contributed by atoms with Gasteiger partial charge >= 0.3 is 7.75 Å². The highest BCUT2D eigenvalue weighted by Crippen LogP contribution is 2.56. The van der Waals surface area contributed by atoms with Crippen LogP contribution in [0.2, 0.25) is 0 Å². The Morgan fingerprint density at radius 2 is 1.62 bits per heavy atom. The van der Waals surface area contributed by atoms with Crippen molar-refractivity contribution in [2.75, 3.05) is 38.1 Å². The zero-order valence-electron chi connectivity index (χ0n) is 9.62. The van der Waals surface area contributed by atoms with E-state index in [2.05, 4.69) is 0 Å². The maximum Gasteiger partial charge on any atom is 0.408 e. The standard InChI is InChI=1S/C9H18Cl2NO3P/c1-9(2)7-14-16(13,15-8-9)12(5-3-10)6-4-11/h3-8H2,1-2H3. The topological polar surface area (TPSA) is 38.8 Å². The predicted octanol–water partition coefficient (Wildman–Crippen LogP) is 2.95. The number of hydrogen-bond donors (Lipinski definition) is 0. The van der Waals surface area contributed by atoms with Gasteiger partial charge in [-0.05, 0) is 0 Å². The third kappa shape index (κ3) is 3.86. The zero-order chi connectivity index (χ0) is 12.2. The Balaban J connectivity index is 2.65. The first-order chi connectivity index (χ1) is 7.43. The van der Waals surface area contributed by atoms with Gasteiger partial charge in [-0.1, -0.05) is 13.8 Å². The molecule has 0 aromatic rings. The van der Waals surface area contributed by atoms with Crippen LogP contribution in [0.3, 0.4) is 0 Å². The highest BCUT2D eigenvalue weighted by Gasteiger charge is 2.40. The minimum atomic E-state index is -3.17. The quantitative estimate of drug-likeness (QED) is 0.576. The molecule has 0 N–H and O–H groups in total. The Morgan fingerprint density at radius 1 is 1.19 bits per heavy atom.